The molecule has 1 aliphatic rings. The highest BCUT2D eigenvalue weighted by Gasteiger charge is 2.21. The van der Waals surface area contributed by atoms with Gasteiger partial charge in [-0.2, -0.15) is 0 Å². The number of carbonyl (C=O) groups is 2. The predicted octanol–water partition coefficient (Wildman–Crippen LogP) is 1.97. The molecular weight excluding hydrogens is 252 g/mol. The van der Waals surface area contributed by atoms with Gasteiger partial charge >= 0.3 is 0 Å². The third kappa shape index (κ3) is 3.83. The summed E-state index contributed by atoms with van der Waals surface area (Å²) in [6.45, 7) is 5.88. The van der Waals surface area contributed by atoms with Crippen molar-refractivity contribution in [3.05, 3.63) is 35.4 Å². The smallest absolute Gasteiger partial charge is 0.242 e. The summed E-state index contributed by atoms with van der Waals surface area (Å²) < 4.78 is 0. The lowest BCUT2D eigenvalue weighted by atomic mass is 10.1. The number of aryl methyl sites for hydroxylation is 1. The highest BCUT2D eigenvalue weighted by molar-refractivity contribution is 5.84. The van der Waals surface area contributed by atoms with Gasteiger partial charge in [0.25, 0.3) is 0 Å². The fourth-order valence-electron chi connectivity index (χ4n) is 2.54. The Hall–Kier alpha value is -1.84. The average molecular weight is 274 g/mol. The van der Waals surface area contributed by atoms with Gasteiger partial charge < -0.3 is 9.80 Å². The summed E-state index contributed by atoms with van der Waals surface area (Å²) in [6, 6.07) is 8.04. The van der Waals surface area contributed by atoms with Crippen LogP contribution in [0.25, 0.3) is 0 Å². The first-order valence-electron chi connectivity index (χ1n) is 7.15. The number of nitrogens with zero attached hydrogens (tertiary/aromatic N) is 2. The molecule has 4 nitrogen and oxygen atoms in total. The summed E-state index contributed by atoms with van der Waals surface area (Å²) >= 11 is 0. The molecule has 1 fully saturated rings. The quantitative estimate of drug-likeness (QED) is 0.842. The SMILES string of the molecule is CC(=O)N(CC(=O)N1CCCC1)Cc1cccc(C)c1. The van der Waals surface area contributed by atoms with Crippen molar-refractivity contribution in [1.29, 1.82) is 0 Å². The standard InChI is InChI=1S/C16H22N2O2/c1-13-6-5-7-15(10-13)11-18(14(2)19)12-16(20)17-8-3-4-9-17/h5-7,10H,3-4,8-9,11-12H2,1-2H3. The van der Waals surface area contributed by atoms with Crippen molar-refractivity contribution in [2.45, 2.75) is 33.2 Å². The van der Waals surface area contributed by atoms with Crippen molar-refractivity contribution in [2.75, 3.05) is 19.6 Å². The first-order chi connectivity index (χ1) is 9.56. The van der Waals surface area contributed by atoms with E-state index in [4.69, 9.17) is 0 Å². The van der Waals surface area contributed by atoms with Gasteiger partial charge in [-0.05, 0) is 25.3 Å². The lowest BCUT2D eigenvalue weighted by molar-refractivity contribution is -0.139. The highest BCUT2D eigenvalue weighted by atomic mass is 16.2. The fraction of sp³-hybridized carbons (Fsp3) is 0.500. The molecule has 20 heavy (non-hydrogen) atoms. The molecule has 1 aromatic rings. The summed E-state index contributed by atoms with van der Waals surface area (Å²) in [5.41, 5.74) is 2.23. The second-order valence-corrected chi connectivity index (χ2v) is 5.45. The van der Waals surface area contributed by atoms with Crippen LogP contribution in [0.3, 0.4) is 0 Å². The Morgan fingerprint density at radius 3 is 2.55 bits per heavy atom. The molecule has 2 rings (SSSR count). The molecule has 0 spiro atoms. The number of rotatable bonds is 4. The van der Waals surface area contributed by atoms with Crippen LogP contribution >= 0.6 is 0 Å². The van der Waals surface area contributed by atoms with E-state index in [9.17, 15) is 9.59 Å². The average Bonchev–Trinajstić information content (AvgIpc) is 2.91. The maximum absolute atomic E-state index is 12.1. The van der Waals surface area contributed by atoms with Gasteiger partial charge in [-0.3, -0.25) is 9.59 Å². The monoisotopic (exact) mass is 274 g/mol. The highest BCUT2D eigenvalue weighted by Crippen LogP contribution is 2.11. The molecule has 1 aliphatic heterocycles. The van der Waals surface area contributed by atoms with Gasteiger partial charge in [0, 0.05) is 26.6 Å². The van der Waals surface area contributed by atoms with Gasteiger partial charge in [0.15, 0.2) is 0 Å². The van der Waals surface area contributed by atoms with E-state index in [0.717, 1.165) is 37.1 Å². The number of carbonyl (C=O) groups excluding carboxylic acids is 2. The molecule has 0 bridgehead atoms. The Balaban J connectivity index is 2.00. The zero-order valence-electron chi connectivity index (χ0n) is 12.3. The summed E-state index contributed by atoms with van der Waals surface area (Å²) in [6.07, 6.45) is 2.15. The van der Waals surface area contributed by atoms with E-state index in [0.29, 0.717) is 6.54 Å². The molecule has 2 amide bonds. The lowest BCUT2D eigenvalue weighted by Crippen LogP contribution is -2.40. The van der Waals surface area contributed by atoms with Crippen molar-refractivity contribution >= 4 is 11.8 Å². The van der Waals surface area contributed by atoms with Gasteiger partial charge in [0.05, 0.1) is 0 Å². The molecule has 1 saturated heterocycles. The maximum atomic E-state index is 12.1. The lowest BCUT2D eigenvalue weighted by Gasteiger charge is -2.24. The fourth-order valence-corrected chi connectivity index (χ4v) is 2.54. The van der Waals surface area contributed by atoms with Crippen LogP contribution < -0.4 is 0 Å². The molecule has 0 N–H and O–H groups in total. The van der Waals surface area contributed by atoms with Gasteiger partial charge in [0.2, 0.25) is 11.8 Å². The topological polar surface area (TPSA) is 40.6 Å². The minimum Gasteiger partial charge on any atom is -0.341 e. The van der Waals surface area contributed by atoms with E-state index < -0.39 is 0 Å². The van der Waals surface area contributed by atoms with Crippen LogP contribution in [0.15, 0.2) is 24.3 Å². The van der Waals surface area contributed by atoms with Crippen LogP contribution in [-0.4, -0.2) is 41.2 Å². The largest absolute Gasteiger partial charge is 0.341 e. The van der Waals surface area contributed by atoms with Gasteiger partial charge in [-0.25, -0.2) is 0 Å². The predicted molar refractivity (Wildman–Crippen MR) is 78.1 cm³/mol. The Labute approximate surface area is 120 Å². The molecule has 0 radical (unpaired) electrons. The van der Waals surface area contributed by atoms with E-state index in [-0.39, 0.29) is 18.4 Å². The second kappa shape index (κ2) is 6.55. The maximum Gasteiger partial charge on any atom is 0.242 e. The summed E-state index contributed by atoms with van der Waals surface area (Å²) in [5.74, 6) is 0.00408. The molecule has 0 aliphatic carbocycles. The second-order valence-electron chi connectivity index (χ2n) is 5.45. The van der Waals surface area contributed by atoms with Gasteiger partial charge in [-0.1, -0.05) is 29.8 Å². The molecule has 0 unspecified atom stereocenters. The van der Waals surface area contributed by atoms with Crippen molar-refractivity contribution < 1.29 is 9.59 Å². The van der Waals surface area contributed by atoms with E-state index in [1.165, 1.54) is 6.92 Å². The minimum absolute atomic E-state index is 0.0564. The van der Waals surface area contributed by atoms with Gasteiger partial charge in [-0.15, -0.1) is 0 Å². The third-order valence-electron chi connectivity index (χ3n) is 3.69. The molecular formula is C16H22N2O2. The van der Waals surface area contributed by atoms with Crippen LogP contribution in [0.1, 0.15) is 30.9 Å². The van der Waals surface area contributed by atoms with Gasteiger partial charge in [0.1, 0.15) is 6.54 Å². The first-order valence-corrected chi connectivity index (χ1v) is 7.15. The van der Waals surface area contributed by atoms with E-state index in [2.05, 4.69) is 6.07 Å². The van der Waals surface area contributed by atoms with Crippen LogP contribution in [0.5, 0.6) is 0 Å². The Kier molecular flexibility index (Phi) is 4.77. The first kappa shape index (κ1) is 14.6. The molecule has 1 heterocycles. The van der Waals surface area contributed by atoms with E-state index in [1.54, 1.807) is 4.90 Å². The minimum atomic E-state index is -0.0564. The Morgan fingerprint density at radius 1 is 1.25 bits per heavy atom. The van der Waals surface area contributed by atoms with Crippen molar-refractivity contribution in [3.63, 3.8) is 0 Å². The number of amides is 2. The molecule has 1 aromatic carbocycles. The number of benzene rings is 1. The van der Waals surface area contributed by atoms with E-state index >= 15 is 0 Å². The Bertz CT molecular complexity index is 493. The van der Waals surface area contributed by atoms with E-state index in [1.807, 2.05) is 30.0 Å². The number of hydrogen-bond donors (Lipinski definition) is 0. The zero-order chi connectivity index (χ0) is 14.5. The molecule has 0 aromatic heterocycles. The molecule has 0 saturated carbocycles. The third-order valence-corrected chi connectivity index (χ3v) is 3.69. The molecule has 4 heteroatoms. The summed E-state index contributed by atoms with van der Waals surface area (Å²) in [5, 5.41) is 0. The number of likely N-dealkylation sites (tertiary alicyclic amines) is 1. The van der Waals surface area contributed by atoms with Crippen LogP contribution in [0.2, 0.25) is 0 Å². The van der Waals surface area contributed by atoms with Crippen molar-refractivity contribution in [3.8, 4) is 0 Å². The van der Waals surface area contributed by atoms with Crippen molar-refractivity contribution in [2.24, 2.45) is 0 Å². The van der Waals surface area contributed by atoms with Crippen LogP contribution in [-0.2, 0) is 16.1 Å². The van der Waals surface area contributed by atoms with Crippen LogP contribution in [0, 0.1) is 6.92 Å². The summed E-state index contributed by atoms with van der Waals surface area (Å²) in [7, 11) is 0. The normalized spacial score (nSPS) is 14.4. The molecule has 108 valence electrons. The summed E-state index contributed by atoms with van der Waals surface area (Å²) in [4.78, 5) is 27.4. The molecule has 0 atom stereocenters. The zero-order valence-corrected chi connectivity index (χ0v) is 12.3. The van der Waals surface area contributed by atoms with Crippen molar-refractivity contribution in [1.82, 2.24) is 9.80 Å². The number of hydrogen-bond acceptors (Lipinski definition) is 2. The Morgan fingerprint density at radius 2 is 1.95 bits per heavy atom. The van der Waals surface area contributed by atoms with Crippen LogP contribution in [0.4, 0.5) is 0 Å².